The monoisotopic (exact) mass is 172 g/mol. The second kappa shape index (κ2) is 4.24. The van der Waals surface area contributed by atoms with Gasteiger partial charge in [-0.15, -0.1) is 0 Å². The molecule has 0 saturated carbocycles. The Labute approximate surface area is 76.1 Å². The van der Waals surface area contributed by atoms with Crippen molar-refractivity contribution in [2.75, 3.05) is 32.8 Å². The summed E-state index contributed by atoms with van der Waals surface area (Å²) in [6.07, 6.45) is 1.25. The van der Waals surface area contributed by atoms with E-state index in [1.165, 1.54) is 30.5 Å². The molecule has 0 amide bonds. The molecule has 1 fully saturated rings. The molecule has 2 nitrogen and oxygen atoms in total. The van der Waals surface area contributed by atoms with E-state index in [2.05, 4.69) is 20.8 Å². The lowest BCUT2D eigenvalue weighted by Gasteiger charge is -2.46. The molecule has 0 aliphatic carbocycles. The smallest absolute Gasteiger partial charge is 0.112 e. The van der Waals surface area contributed by atoms with E-state index >= 15 is 0 Å². The summed E-state index contributed by atoms with van der Waals surface area (Å²) in [5.74, 6) is 0. The second-order valence-electron chi connectivity index (χ2n) is 3.71. The van der Waals surface area contributed by atoms with E-state index in [0.29, 0.717) is 0 Å². The summed E-state index contributed by atoms with van der Waals surface area (Å²) in [4.78, 5) is 0. The highest BCUT2D eigenvalue weighted by Crippen LogP contribution is 2.20. The van der Waals surface area contributed by atoms with Gasteiger partial charge in [-0.05, 0) is 20.3 Å². The predicted octanol–water partition coefficient (Wildman–Crippen LogP) is 1.65. The fourth-order valence-electron chi connectivity index (χ4n) is 2.37. The second-order valence-corrected chi connectivity index (χ2v) is 3.71. The van der Waals surface area contributed by atoms with Gasteiger partial charge in [-0.3, -0.25) is 0 Å². The van der Waals surface area contributed by atoms with Crippen molar-refractivity contribution in [1.82, 2.24) is 0 Å². The summed E-state index contributed by atoms with van der Waals surface area (Å²) in [6, 6.07) is 0.744. The normalized spacial score (nSPS) is 28.8. The van der Waals surface area contributed by atoms with Crippen LogP contribution in [0, 0.1) is 0 Å². The van der Waals surface area contributed by atoms with Crippen LogP contribution in [0.2, 0.25) is 0 Å². The number of morpholine rings is 1. The molecule has 0 bridgehead atoms. The molecule has 0 spiro atoms. The minimum atomic E-state index is 0.744. The number of nitrogens with zero attached hydrogens (tertiary/aromatic N) is 1. The van der Waals surface area contributed by atoms with Crippen LogP contribution in [0.3, 0.4) is 0 Å². The zero-order valence-electron chi connectivity index (χ0n) is 8.68. The third-order valence-corrected chi connectivity index (χ3v) is 3.50. The van der Waals surface area contributed by atoms with Crippen LogP contribution in [-0.2, 0) is 4.74 Å². The van der Waals surface area contributed by atoms with E-state index in [-0.39, 0.29) is 0 Å². The highest BCUT2D eigenvalue weighted by Gasteiger charge is 2.35. The van der Waals surface area contributed by atoms with Crippen LogP contribution in [-0.4, -0.2) is 43.4 Å². The average molecular weight is 172 g/mol. The summed E-state index contributed by atoms with van der Waals surface area (Å²) in [5.41, 5.74) is 0. The van der Waals surface area contributed by atoms with E-state index in [1.54, 1.807) is 0 Å². The minimum Gasteiger partial charge on any atom is -0.369 e. The Morgan fingerprint density at radius 1 is 1.25 bits per heavy atom. The lowest BCUT2D eigenvalue weighted by Crippen LogP contribution is -2.61. The van der Waals surface area contributed by atoms with Crippen LogP contribution in [0.4, 0.5) is 0 Å². The van der Waals surface area contributed by atoms with Gasteiger partial charge in [-0.1, -0.05) is 6.92 Å². The van der Waals surface area contributed by atoms with Crippen LogP contribution in [0.1, 0.15) is 27.2 Å². The summed E-state index contributed by atoms with van der Waals surface area (Å²) in [5, 5.41) is 0. The largest absolute Gasteiger partial charge is 0.369 e. The molecule has 1 heterocycles. The fourth-order valence-corrected chi connectivity index (χ4v) is 2.37. The molecule has 1 atom stereocenters. The maximum Gasteiger partial charge on any atom is 0.112 e. The zero-order valence-corrected chi connectivity index (χ0v) is 8.68. The van der Waals surface area contributed by atoms with Gasteiger partial charge in [-0.25, -0.2) is 0 Å². The van der Waals surface area contributed by atoms with Crippen molar-refractivity contribution in [1.29, 1.82) is 0 Å². The van der Waals surface area contributed by atoms with E-state index < -0.39 is 0 Å². The molecule has 12 heavy (non-hydrogen) atoms. The maximum absolute atomic E-state index is 5.52. The average Bonchev–Trinajstić information content (AvgIpc) is 2.17. The van der Waals surface area contributed by atoms with Gasteiger partial charge in [0.2, 0.25) is 0 Å². The molecule has 2 heteroatoms. The van der Waals surface area contributed by atoms with Crippen molar-refractivity contribution in [3.8, 4) is 0 Å². The molecule has 0 aromatic rings. The molecule has 0 N–H and O–H groups in total. The van der Waals surface area contributed by atoms with Crippen LogP contribution in [0.15, 0.2) is 0 Å². The van der Waals surface area contributed by atoms with E-state index in [4.69, 9.17) is 4.74 Å². The third-order valence-electron chi connectivity index (χ3n) is 3.50. The Hall–Kier alpha value is -0.0800. The summed E-state index contributed by atoms with van der Waals surface area (Å²) >= 11 is 0. The number of hydrogen-bond donors (Lipinski definition) is 0. The van der Waals surface area contributed by atoms with E-state index in [1.807, 2.05) is 0 Å². The van der Waals surface area contributed by atoms with Gasteiger partial charge in [0, 0.05) is 0 Å². The van der Waals surface area contributed by atoms with E-state index in [0.717, 1.165) is 19.3 Å². The van der Waals surface area contributed by atoms with Gasteiger partial charge in [0.05, 0.1) is 26.3 Å². The molecule has 1 rings (SSSR count). The van der Waals surface area contributed by atoms with Crippen molar-refractivity contribution >= 4 is 0 Å². The molecule has 72 valence electrons. The summed E-state index contributed by atoms with van der Waals surface area (Å²) in [6.45, 7) is 12.5. The molecule has 1 aliphatic heterocycles. The number of quaternary nitrogens is 1. The van der Waals surface area contributed by atoms with Crippen LogP contribution in [0.25, 0.3) is 0 Å². The molecule has 1 saturated heterocycles. The SMILES string of the molecule is CCC1COCC[N+]1(CC)CC. The van der Waals surface area contributed by atoms with Crippen LogP contribution >= 0.6 is 0 Å². The molecule has 0 aromatic heterocycles. The maximum atomic E-state index is 5.52. The first-order valence-corrected chi connectivity index (χ1v) is 5.22. The fraction of sp³-hybridized carbons (Fsp3) is 1.00. The first kappa shape index (κ1) is 10.0. The van der Waals surface area contributed by atoms with Crippen molar-refractivity contribution in [3.05, 3.63) is 0 Å². The topological polar surface area (TPSA) is 9.23 Å². The van der Waals surface area contributed by atoms with Gasteiger partial charge in [0.25, 0.3) is 0 Å². The quantitative estimate of drug-likeness (QED) is 0.588. The Morgan fingerprint density at radius 2 is 1.92 bits per heavy atom. The number of hydrogen-bond acceptors (Lipinski definition) is 1. The van der Waals surface area contributed by atoms with Crippen molar-refractivity contribution in [2.24, 2.45) is 0 Å². The molecule has 0 aromatic carbocycles. The Morgan fingerprint density at radius 3 is 2.33 bits per heavy atom. The first-order chi connectivity index (χ1) is 5.79. The first-order valence-electron chi connectivity index (χ1n) is 5.22. The van der Waals surface area contributed by atoms with Gasteiger partial charge in [0.15, 0.2) is 0 Å². The third kappa shape index (κ3) is 1.64. The van der Waals surface area contributed by atoms with Crippen molar-refractivity contribution < 1.29 is 9.22 Å². The summed E-state index contributed by atoms with van der Waals surface area (Å²) < 4.78 is 6.79. The minimum absolute atomic E-state index is 0.744. The Kier molecular flexibility index (Phi) is 3.53. The van der Waals surface area contributed by atoms with Crippen LogP contribution < -0.4 is 0 Å². The highest BCUT2D eigenvalue weighted by atomic mass is 16.5. The number of rotatable bonds is 3. The lowest BCUT2D eigenvalue weighted by atomic mass is 10.1. The number of ether oxygens (including phenoxy) is 1. The van der Waals surface area contributed by atoms with Crippen molar-refractivity contribution in [3.63, 3.8) is 0 Å². The Bertz CT molecular complexity index is 132. The highest BCUT2D eigenvalue weighted by molar-refractivity contribution is 4.61. The molecule has 1 aliphatic rings. The summed E-state index contributed by atoms with van der Waals surface area (Å²) in [7, 11) is 0. The molecular weight excluding hydrogens is 150 g/mol. The van der Waals surface area contributed by atoms with Crippen molar-refractivity contribution in [2.45, 2.75) is 33.2 Å². The number of likely N-dealkylation sites (N-methyl/N-ethyl adjacent to an activating group) is 1. The lowest BCUT2D eigenvalue weighted by molar-refractivity contribution is -0.955. The standard InChI is InChI=1S/C10H22NO/c1-4-10-9-12-8-7-11(10,5-2)6-3/h10H,4-9H2,1-3H3/q+1. The van der Waals surface area contributed by atoms with Gasteiger partial charge < -0.3 is 9.22 Å². The Balaban J connectivity index is 2.66. The van der Waals surface area contributed by atoms with E-state index in [9.17, 15) is 0 Å². The molecule has 1 unspecified atom stereocenters. The predicted molar refractivity (Wildman–Crippen MR) is 51.1 cm³/mol. The van der Waals surface area contributed by atoms with Gasteiger partial charge >= 0.3 is 0 Å². The zero-order chi connectivity index (χ0) is 9.03. The molecule has 0 radical (unpaired) electrons. The van der Waals surface area contributed by atoms with Gasteiger partial charge in [-0.2, -0.15) is 0 Å². The molecular formula is C10H22NO+. The van der Waals surface area contributed by atoms with Gasteiger partial charge in [0.1, 0.15) is 12.6 Å². The van der Waals surface area contributed by atoms with Crippen LogP contribution in [0.5, 0.6) is 0 Å².